The Morgan fingerprint density at radius 1 is 1.27 bits per heavy atom. The first-order chi connectivity index (χ1) is 7.01. The third-order valence-corrected chi connectivity index (χ3v) is 2.16. The topological polar surface area (TPSA) is 3.24 Å². The highest BCUT2D eigenvalue weighted by Crippen LogP contribution is 2.19. The van der Waals surface area contributed by atoms with E-state index in [1.165, 1.54) is 16.7 Å². The predicted molar refractivity (Wildman–Crippen MR) is 69.8 cm³/mol. The van der Waals surface area contributed by atoms with E-state index >= 15 is 0 Å². The van der Waals surface area contributed by atoms with E-state index in [0.717, 1.165) is 12.8 Å². The van der Waals surface area contributed by atoms with E-state index in [9.17, 15) is 0 Å². The molecule has 0 amide bonds. The molecule has 0 aromatic heterocycles. The zero-order valence-electron chi connectivity index (χ0n) is 10.5. The Morgan fingerprint density at radius 2 is 1.87 bits per heavy atom. The van der Waals surface area contributed by atoms with Gasteiger partial charge in [0.05, 0.1) is 0 Å². The summed E-state index contributed by atoms with van der Waals surface area (Å²) in [6, 6.07) is 0. The van der Waals surface area contributed by atoms with Gasteiger partial charge in [0.1, 0.15) is 0 Å². The van der Waals surface area contributed by atoms with Gasteiger partial charge in [-0.25, -0.2) is 0 Å². The third kappa shape index (κ3) is 5.95. The lowest BCUT2D eigenvalue weighted by Gasteiger charge is -2.12. The second-order valence-corrected chi connectivity index (χ2v) is 4.02. The Kier molecular flexibility index (Phi) is 6.52. The fourth-order valence-electron chi connectivity index (χ4n) is 1.35. The largest absolute Gasteiger partial charge is 0.383 e. The van der Waals surface area contributed by atoms with E-state index < -0.39 is 0 Å². The van der Waals surface area contributed by atoms with Crippen molar-refractivity contribution >= 4 is 0 Å². The van der Waals surface area contributed by atoms with Crippen LogP contribution in [-0.2, 0) is 0 Å². The zero-order valence-corrected chi connectivity index (χ0v) is 10.5. The van der Waals surface area contributed by atoms with Crippen molar-refractivity contribution in [1.82, 2.24) is 4.90 Å². The molecule has 0 spiro atoms. The van der Waals surface area contributed by atoms with Gasteiger partial charge in [-0.1, -0.05) is 24.3 Å². The molecule has 1 nitrogen and oxygen atoms in total. The second kappa shape index (κ2) is 7.10. The van der Waals surface area contributed by atoms with Crippen LogP contribution in [0.5, 0.6) is 0 Å². The summed E-state index contributed by atoms with van der Waals surface area (Å²) >= 11 is 0. The fourth-order valence-corrected chi connectivity index (χ4v) is 1.35. The van der Waals surface area contributed by atoms with Crippen LogP contribution in [0.2, 0.25) is 0 Å². The highest BCUT2D eigenvalue weighted by Gasteiger charge is 2.01. The molecule has 1 heteroatoms. The van der Waals surface area contributed by atoms with Crippen LogP contribution in [0.3, 0.4) is 0 Å². The highest BCUT2D eigenvalue weighted by atomic mass is 15.0. The molecule has 0 aromatic rings. The van der Waals surface area contributed by atoms with Crippen molar-refractivity contribution in [1.29, 1.82) is 0 Å². The molecule has 0 N–H and O–H groups in total. The number of hydrogen-bond donors (Lipinski definition) is 0. The minimum atomic E-state index is 1.04. The van der Waals surface area contributed by atoms with Crippen LogP contribution >= 0.6 is 0 Å². The summed E-state index contributed by atoms with van der Waals surface area (Å²) in [7, 11) is 4.05. The lowest BCUT2D eigenvalue weighted by atomic mass is 9.99. The maximum atomic E-state index is 3.92. The van der Waals surface area contributed by atoms with E-state index in [4.69, 9.17) is 0 Å². The van der Waals surface area contributed by atoms with E-state index in [1.54, 1.807) is 0 Å². The lowest BCUT2D eigenvalue weighted by Crippen LogP contribution is -2.03. The fraction of sp³-hybridized carbons (Fsp3) is 0.429. The molecule has 0 heterocycles. The third-order valence-electron chi connectivity index (χ3n) is 2.16. The molecule has 0 aliphatic rings. The van der Waals surface area contributed by atoms with Crippen molar-refractivity contribution in [3.63, 3.8) is 0 Å². The van der Waals surface area contributed by atoms with Crippen LogP contribution in [0.15, 0.2) is 48.2 Å². The van der Waals surface area contributed by atoms with Gasteiger partial charge in [0, 0.05) is 20.3 Å². The molecule has 0 atom stereocenters. The van der Waals surface area contributed by atoms with E-state index in [-0.39, 0.29) is 0 Å². The van der Waals surface area contributed by atoms with Gasteiger partial charge in [-0.05, 0) is 37.8 Å². The SMILES string of the molecule is C=CC(=C\N(C)C)/C(=C/C)CCC(=C)C. The minimum Gasteiger partial charge on any atom is -0.383 e. The molecular weight excluding hydrogens is 182 g/mol. The molecule has 0 aliphatic carbocycles. The van der Waals surface area contributed by atoms with Gasteiger partial charge in [0.25, 0.3) is 0 Å². The van der Waals surface area contributed by atoms with Crippen molar-refractivity contribution in [2.45, 2.75) is 26.7 Å². The lowest BCUT2D eigenvalue weighted by molar-refractivity contribution is 0.560. The maximum absolute atomic E-state index is 3.92. The normalized spacial score (nSPS) is 12.5. The maximum Gasteiger partial charge on any atom is 0.00611 e. The standard InChI is InChI=1S/C14H23N/c1-7-13(10-9-12(3)4)14(8-2)11-15(5)6/h7-8,11H,2-3,9-10H2,1,4-6H3/b13-7+,14-11+. The van der Waals surface area contributed by atoms with Gasteiger partial charge in [0.15, 0.2) is 0 Å². The number of rotatable bonds is 6. The first-order valence-electron chi connectivity index (χ1n) is 5.31. The molecule has 0 rings (SSSR count). The van der Waals surface area contributed by atoms with Gasteiger partial charge < -0.3 is 4.90 Å². The first-order valence-corrected chi connectivity index (χ1v) is 5.31. The average molecular weight is 205 g/mol. The monoisotopic (exact) mass is 205 g/mol. The summed E-state index contributed by atoms with van der Waals surface area (Å²) in [4.78, 5) is 2.04. The molecule has 0 aliphatic heterocycles. The van der Waals surface area contributed by atoms with Crippen molar-refractivity contribution in [3.05, 3.63) is 48.2 Å². The summed E-state index contributed by atoms with van der Waals surface area (Å²) in [6.45, 7) is 11.9. The number of hydrogen-bond acceptors (Lipinski definition) is 1. The van der Waals surface area contributed by atoms with Crippen LogP contribution in [0.25, 0.3) is 0 Å². The van der Waals surface area contributed by atoms with Gasteiger partial charge >= 0.3 is 0 Å². The van der Waals surface area contributed by atoms with E-state index in [1.807, 2.05) is 25.1 Å². The van der Waals surface area contributed by atoms with E-state index in [2.05, 4.69) is 39.3 Å². The predicted octanol–water partition coefficient (Wildman–Crippen LogP) is 3.92. The number of nitrogens with zero attached hydrogens (tertiary/aromatic N) is 1. The van der Waals surface area contributed by atoms with Crippen molar-refractivity contribution < 1.29 is 0 Å². The van der Waals surface area contributed by atoms with Gasteiger partial charge in [-0.2, -0.15) is 0 Å². The van der Waals surface area contributed by atoms with E-state index in [0.29, 0.717) is 0 Å². The van der Waals surface area contributed by atoms with Crippen molar-refractivity contribution in [3.8, 4) is 0 Å². The highest BCUT2D eigenvalue weighted by molar-refractivity contribution is 5.38. The van der Waals surface area contributed by atoms with Gasteiger partial charge in [-0.15, -0.1) is 6.58 Å². The first kappa shape index (κ1) is 13.8. The van der Waals surface area contributed by atoms with Crippen LogP contribution in [0.1, 0.15) is 26.7 Å². The van der Waals surface area contributed by atoms with Crippen LogP contribution in [0.4, 0.5) is 0 Å². The van der Waals surface area contributed by atoms with Crippen molar-refractivity contribution in [2.75, 3.05) is 14.1 Å². The van der Waals surface area contributed by atoms with Gasteiger partial charge in [0.2, 0.25) is 0 Å². The molecular formula is C14H23N. The summed E-state index contributed by atoms with van der Waals surface area (Å²) in [5, 5.41) is 0. The summed E-state index contributed by atoms with van der Waals surface area (Å²) in [5.41, 5.74) is 3.76. The smallest absolute Gasteiger partial charge is 0.00611 e. The molecule has 0 saturated heterocycles. The molecule has 0 saturated carbocycles. The van der Waals surface area contributed by atoms with Crippen LogP contribution in [0, 0.1) is 0 Å². The zero-order chi connectivity index (χ0) is 11.8. The Labute approximate surface area is 94.5 Å². The molecule has 84 valence electrons. The molecule has 0 fully saturated rings. The summed E-state index contributed by atoms with van der Waals surface area (Å²) in [5.74, 6) is 0. The Bertz CT molecular complexity index is 280. The molecule has 0 radical (unpaired) electrons. The quantitative estimate of drug-likeness (QED) is 0.469. The van der Waals surface area contributed by atoms with Gasteiger partial charge in [-0.3, -0.25) is 0 Å². The van der Waals surface area contributed by atoms with Crippen molar-refractivity contribution in [2.24, 2.45) is 0 Å². The average Bonchev–Trinajstić information content (AvgIpc) is 2.15. The Balaban J connectivity index is 4.64. The Morgan fingerprint density at radius 3 is 2.20 bits per heavy atom. The Hall–Kier alpha value is -1.24. The second-order valence-electron chi connectivity index (χ2n) is 4.02. The summed E-state index contributed by atoms with van der Waals surface area (Å²) < 4.78 is 0. The van der Waals surface area contributed by atoms with Crippen LogP contribution < -0.4 is 0 Å². The van der Waals surface area contributed by atoms with Crippen LogP contribution in [-0.4, -0.2) is 19.0 Å². The number of allylic oxidation sites excluding steroid dienone is 5. The molecule has 0 bridgehead atoms. The minimum absolute atomic E-state index is 1.04. The molecule has 15 heavy (non-hydrogen) atoms. The molecule has 0 unspecified atom stereocenters. The molecule has 0 aromatic carbocycles. The summed E-state index contributed by atoms with van der Waals surface area (Å²) in [6.07, 6.45) is 8.24.